The van der Waals surface area contributed by atoms with E-state index in [1.165, 1.54) is 12.5 Å². The quantitative estimate of drug-likeness (QED) is 0.264. The van der Waals surface area contributed by atoms with Crippen molar-refractivity contribution in [1.29, 1.82) is 0 Å². The van der Waals surface area contributed by atoms with Gasteiger partial charge in [0.15, 0.2) is 0 Å². The van der Waals surface area contributed by atoms with E-state index >= 15 is 0 Å². The number of nitrogens with two attached hydrogens (primary N) is 2. The number of carbonyl (C=O) groups excluding carboxylic acids is 1. The lowest BCUT2D eigenvalue weighted by Crippen LogP contribution is -2.31. The minimum absolute atomic E-state index is 0.190. The summed E-state index contributed by atoms with van der Waals surface area (Å²) < 4.78 is 0. The second kappa shape index (κ2) is 18.9. The molecule has 188 valence electrons. The zero-order valence-electron chi connectivity index (χ0n) is 18.8. The molecule has 0 fully saturated rings. The number of benzene rings is 2. The van der Waals surface area contributed by atoms with E-state index in [0.29, 0.717) is 11.3 Å². The predicted octanol–water partition coefficient (Wildman–Crippen LogP) is 0.948. The standard InChI is InChI=1S/C9H9NO3.C7H8O.C3H7NO2S.C3H7NO2/c11-8(12)6-10-9(13)7-4-2-1-3-5-7;1-6-2-4-7(8)5-3-6;4-2(1-7)3(5)6;1-2(4)3(5)6/h1-5H,6H2,(H,10,13)(H,11,12);2-5,8H,1H3;2,7H,1,4H2,(H,5,6);2H,4H2,1H3,(H,5,6)/t;;;2-/m...0/s1. The van der Waals surface area contributed by atoms with Crippen LogP contribution < -0.4 is 16.8 Å². The lowest BCUT2D eigenvalue weighted by molar-refractivity contribution is -0.138. The Morgan fingerprint density at radius 1 is 0.912 bits per heavy atom. The summed E-state index contributed by atoms with van der Waals surface area (Å²) in [5, 5.41) is 35.2. The van der Waals surface area contributed by atoms with Crippen molar-refractivity contribution in [2.45, 2.75) is 25.9 Å². The Kier molecular flexibility index (Phi) is 18.1. The topological polar surface area (TPSA) is 213 Å². The van der Waals surface area contributed by atoms with Crippen LogP contribution in [0.5, 0.6) is 5.75 Å². The van der Waals surface area contributed by atoms with Crippen molar-refractivity contribution >= 4 is 36.4 Å². The molecule has 0 saturated heterocycles. The highest BCUT2D eigenvalue weighted by Gasteiger charge is 2.06. The van der Waals surface area contributed by atoms with Crippen LogP contribution in [0.2, 0.25) is 0 Å². The number of phenols is 1. The van der Waals surface area contributed by atoms with Gasteiger partial charge in [0.25, 0.3) is 5.91 Å². The number of hydrogen-bond donors (Lipinski definition) is 8. The average molecular weight is 498 g/mol. The Morgan fingerprint density at radius 2 is 1.38 bits per heavy atom. The van der Waals surface area contributed by atoms with Crippen LogP contribution in [-0.2, 0) is 14.4 Å². The molecule has 0 bridgehead atoms. The highest BCUT2D eigenvalue weighted by Crippen LogP contribution is 2.07. The molecule has 0 spiro atoms. The highest BCUT2D eigenvalue weighted by atomic mass is 32.1. The molecule has 9 N–H and O–H groups in total. The zero-order chi connectivity index (χ0) is 26.7. The molecule has 2 atom stereocenters. The molecular formula is C22H31N3O8S. The number of carbonyl (C=O) groups is 4. The van der Waals surface area contributed by atoms with Crippen LogP contribution in [0.25, 0.3) is 0 Å². The average Bonchev–Trinajstić information content (AvgIpc) is 2.80. The van der Waals surface area contributed by atoms with Crippen molar-refractivity contribution in [2.24, 2.45) is 11.5 Å². The maximum Gasteiger partial charge on any atom is 0.322 e. The number of carboxylic acid groups (broad SMARTS) is 3. The summed E-state index contributed by atoms with van der Waals surface area (Å²) in [4.78, 5) is 40.6. The molecule has 0 aliphatic rings. The minimum atomic E-state index is -1.05. The van der Waals surface area contributed by atoms with Crippen LogP contribution in [0.1, 0.15) is 22.8 Å². The molecule has 2 aromatic rings. The summed E-state index contributed by atoms with van der Waals surface area (Å²) in [5.74, 6) is -2.87. The fraction of sp³-hybridized carbons (Fsp3) is 0.273. The van der Waals surface area contributed by atoms with Crippen molar-refractivity contribution in [3.8, 4) is 5.75 Å². The number of aromatic hydroxyl groups is 1. The smallest absolute Gasteiger partial charge is 0.322 e. The lowest BCUT2D eigenvalue weighted by Gasteiger charge is -2.00. The lowest BCUT2D eigenvalue weighted by atomic mass is 10.2. The Hall–Kier alpha value is -3.61. The van der Waals surface area contributed by atoms with E-state index in [9.17, 15) is 19.2 Å². The van der Waals surface area contributed by atoms with Crippen LogP contribution in [0.3, 0.4) is 0 Å². The molecule has 0 aliphatic heterocycles. The van der Waals surface area contributed by atoms with Gasteiger partial charge in [-0.2, -0.15) is 12.6 Å². The fourth-order valence-electron chi connectivity index (χ4n) is 1.47. The van der Waals surface area contributed by atoms with Crippen molar-refractivity contribution in [2.75, 3.05) is 12.3 Å². The molecule has 1 amide bonds. The Labute approximate surface area is 202 Å². The molecule has 0 radical (unpaired) electrons. The first kappa shape index (κ1) is 32.6. The number of hydrogen-bond acceptors (Lipinski definition) is 8. The van der Waals surface area contributed by atoms with Crippen molar-refractivity contribution in [3.63, 3.8) is 0 Å². The molecule has 0 aromatic heterocycles. The summed E-state index contributed by atoms with van der Waals surface area (Å²) in [6, 6.07) is 14.0. The van der Waals surface area contributed by atoms with Gasteiger partial charge in [0.2, 0.25) is 0 Å². The summed E-state index contributed by atoms with van der Waals surface area (Å²) in [7, 11) is 0. The first-order chi connectivity index (χ1) is 15.8. The van der Waals surface area contributed by atoms with E-state index in [1.807, 2.05) is 19.1 Å². The van der Waals surface area contributed by atoms with E-state index in [-0.39, 0.29) is 18.2 Å². The van der Waals surface area contributed by atoms with E-state index in [1.54, 1.807) is 42.5 Å². The van der Waals surface area contributed by atoms with Gasteiger partial charge in [-0.1, -0.05) is 35.9 Å². The molecule has 1 unspecified atom stereocenters. The van der Waals surface area contributed by atoms with E-state index < -0.39 is 30.0 Å². The minimum Gasteiger partial charge on any atom is -0.508 e. The van der Waals surface area contributed by atoms with Gasteiger partial charge in [-0.25, -0.2) is 0 Å². The molecular weight excluding hydrogens is 466 g/mol. The first-order valence-electron chi connectivity index (χ1n) is 9.70. The van der Waals surface area contributed by atoms with Crippen molar-refractivity contribution in [1.82, 2.24) is 5.32 Å². The molecule has 0 saturated carbocycles. The summed E-state index contributed by atoms with van der Waals surface area (Å²) in [6.07, 6.45) is 0. The van der Waals surface area contributed by atoms with Crippen LogP contribution in [-0.4, -0.2) is 68.6 Å². The van der Waals surface area contributed by atoms with E-state index in [4.69, 9.17) is 31.9 Å². The molecule has 0 heterocycles. The Morgan fingerprint density at radius 3 is 1.68 bits per heavy atom. The molecule has 0 aliphatic carbocycles. The predicted molar refractivity (Wildman–Crippen MR) is 130 cm³/mol. The SMILES string of the molecule is C[C@H](N)C(=O)O.Cc1ccc(O)cc1.NC(CS)C(=O)O.O=C(O)CNC(=O)c1ccccc1. The number of carboxylic acids is 3. The number of nitrogens with one attached hydrogen (secondary N) is 1. The van der Waals surface area contributed by atoms with Crippen molar-refractivity contribution in [3.05, 3.63) is 65.7 Å². The largest absolute Gasteiger partial charge is 0.508 e. The monoisotopic (exact) mass is 497 g/mol. The van der Waals surface area contributed by atoms with Crippen LogP contribution in [0.15, 0.2) is 54.6 Å². The summed E-state index contributed by atoms with van der Waals surface area (Å²) in [6.45, 7) is 3.05. The molecule has 2 aromatic carbocycles. The first-order valence-corrected chi connectivity index (χ1v) is 10.3. The Balaban J connectivity index is 0. The number of amides is 1. The van der Waals surface area contributed by atoms with E-state index in [2.05, 4.69) is 17.9 Å². The summed E-state index contributed by atoms with van der Waals surface area (Å²) in [5.41, 5.74) is 11.4. The number of thiol groups is 1. The maximum absolute atomic E-state index is 11.2. The Bertz CT molecular complexity index is 856. The second-order valence-corrected chi connectivity index (χ2v) is 6.90. The van der Waals surface area contributed by atoms with Crippen LogP contribution >= 0.6 is 12.6 Å². The van der Waals surface area contributed by atoms with Crippen LogP contribution in [0, 0.1) is 6.92 Å². The van der Waals surface area contributed by atoms with Gasteiger partial charge >= 0.3 is 17.9 Å². The van der Waals surface area contributed by atoms with Gasteiger partial charge in [-0.15, -0.1) is 0 Å². The summed E-state index contributed by atoms with van der Waals surface area (Å²) >= 11 is 3.65. The van der Waals surface area contributed by atoms with Gasteiger partial charge in [-0.3, -0.25) is 19.2 Å². The van der Waals surface area contributed by atoms with Gasteiger partial charge in [-0.05, 0) is 38.1 Å². The van der Waals surface area contributed by atoms with Gasteiger partial charge in [0.05, 0.1) is 0 Å². The number of aliphatic carboxylic acids is 3. The molecule has 34 heavy (non-hydrogen) atoms. The third-order valence-electron chi connectivity index (χ3n) is 3.37. The second-order valence-electron chi connectivity index (χ2n) is 6.53. The van der Waals surface area contributed by atoms with Gasteiger partial charge in [0, 0.05) is 11.3 Å². The molecule has 12 heteroatoms. The zero-order valence-corrected chi connectivity index (χ0v) is 19.7. The fourth-order valence-corrected chi connectivity index (χ4v) is 1.63. The maximum atomic E-state index is 11.2. The molecule has 11 nitrogen and oxygen atoms in total. The molecule has 2 rings (SSSR count). The normalized spacial score (nSPS) is 10.9. The number of aryl methyl sites for hydroxylation is 1. The third-order valence-corrected chi connectivity index (χ3v) is 3.77. The third kappa shape index (κ3) is 19.1. The highest BCUT2D eigenvalue weighted by molar-refractivity contribution is 7.80. The van der Waals surface area contributed by atoms with E-state index in [0.717, 1.165) is 0 Å². The number of rotatable bonds is 6. The number of phenolic OH excluding ortho intramolecular Hbond substituents is 1. The van der Waals surface area contributed by atoms with Crippen molar-refractivity contribution < 1.29 is 39.6 Å². The van der Waals surface area contributed by atoms with Crippen LogP contribution in [0.4, 0.5) is 0 Å². The van der Waals surface area contributed by atoms with Gasteiger partial charge in [0.1, 0.15) is 24.4 Å². The van der Waals surface area contributed by atoms with Gasteiger partial charge < -0.3 is 37.2 Å².